The van der Waals surface area contributed by atoms with Crippen molar-refractivity contribution in [1.82, 2.24) is 9.97 Å². The summed E-state index contributed by atoms with van der Waals surface area (Å²) in [7, 11) is 1.55. The van der Waals surface area contributed by atoms with Crippen LogP contribution in [0, 0.1) is 12.7 Å². The predicted molar refractivity (Wildman–Crippen MR) is 134 cm³/mol. The van der Waals surface area contributed by atoms with E-state index in [4.69, 9.17) is 4.74 Å². The lowest BCUT2D eigenvalue weighted by molar-refractivity contribution is 0.101. The summed E-state index contributed by atoms with van der Waals surface area (Å²) in [6.45, 7) is 2.02. The number of carbonyl (C=O) groups is 1. The second kappa shape index (κ2) is 11.2. The number of anilines is 1. The minimum Gasteiger partial charge on any atom is -0.495 e. The number of thioether (sulfide) groups is 1. The largest absolute Gasteiger partial charge is 0.495 e. The van der Waals surface area contributed by atoms with Crippen molar-refractivity contribution in [3.8, 4) is 5.75 Å². The maximum Gasteiger partial charge on any atom is 0.275 e. The number of para-hydroxylation sites is 2. The molecule has 0 aliphatic carbocycles. The van der Waals surface area contributed by atoms with Gasteiger partial charge < -0.3 is 10.1 Å². The molecule has 4 aromatic rings. The van der Waals surface area contributed by atoms with E-state index in [0.29, 0.717) is 32.8 Å². The van der Waals surface area contributed by atoms with Gasteiger partial charge in [-0.2, -0.15) is 0 Å². The van der Waals surface area contributed by atoms with Gasteiger partial charge in [-0.15, -0.1) is 0 Å². The summed E-state index contributed by atoms with van der Waals surface area (Å²) in [4.78, 5) is 23.8. The highest BCUT2D eigenvalue weighted by molar-refractivity contribution is 7.99. The number of aromatic nitrogens is 2. The molecule has 0 saturated heterocycles. The van der Waals surface area contributed by atoms with Crippen LogP contribution in [-0.4, -0.2) is 23.0 Å². The van der Waals surface area contributed by atoms with Crippen molar-refractivity contribution in [2.75, 3.05) is 12.4 Å². The van der Waals surface area contributed by atoms with Crippen LogP contribution in [0.15, 0.2) is 93.9 Å². The first kappa shape index (κ1) is 23.8. The van der Waals surface area contributed by atoms with Gasteiger partial charge in [0.15, 0.2) is 5.16 Å². The lowest BCUT2D eigenvalue weighted by atomic mass is 10.2. The summed E-state index contributed by atoms with van der Waals surface area (Å²) < 4.78 is 19.4. The van der Waals surface area contributed by atoms with E-state index in [1.54, 1.807) is 43.6 Å². The van der Waals surface area contributed by atoms with E-state index in [1.807, 2.05) is 43.3 Å². The number of aryl methyl sites for hydroxylation is 1. The molecule has 0 aliphatic heterocycles. The van der Waals surface area contributed by atoms with E-state index in [2.05, 4.69) is 15.3 Å². The minimum absolute atomic E-state index is 0.238. The Labute approximate surface area is 206 Å². The minimum atomic E-state index is -0.380. The number of amides is 1. The molecule has 0 atom stereocenters. The third-order valence-corrected chi connectivity index (χ3v) is 6.80. The van der Waals surface area contributed by atoms with E-state index >= 15 is 0 Å². The van der Waals surface area contributed by atoms with Gasteiger partial charge in [-0.1, -0.05) is 71.6 Å². The number of ether oxygens (including phenoxy) is 1. The van der Waals surface area contributed by atoms with Gasteiger partial charge >= 0.3 is 0 Å². The van der Waals surface area contributed by atoms with E-state index in [1.165, 1.54) is 29.6 Å². The molecule has 34 heavy (non-hydrogen) atoms. The van der Waals surface area contributed by atoms with E-state index < -0.39 is 0 Å². The van der Waals surface area contributed by atoms with E-state index in [9.17, 15) is 9.18 Å². The molecular weight excluding hydrogens is 469 g/mol. The molecule has 0 aliphatic rings. The quantitative estimate of drug-likeness (QED) is 0.220. The molecule has 0 bridgehead atoms. The first-order valence-electron chi connectivity index (χ1n) is 10.5. The van der Waals surface area contributed by atoms with Crippen LogP contribution in [0.2, 0.25) is 0 Å². The standard InChI is InChI=1S/C26H22FN3O2S2/c1-17-11-13-19(14-12-17)34-23-15-28-26(33-16-18-7-3-4-8-20(18)27)30-24(23)25(31)29-21-9-5-6-10-22(21)32-2/h3-15H,16H2,1-2H3,(H,29,31). The summed E-state index contributed by atoms with van der Waals surface area (Å²) in [5, 5.41) is 3.28. The fraction of sp³-hybridized carbons (Fsp3) is 0.115. The Kier molecular flexibility index (Phi) is 7.82. The number of benzene rings is 3. The summed E-state index contributed by atoms with van der Waals surface area (Å²) in [5.41, 5.74) is 2.48. The molecule has 3 aromatic carbocycles. The van der Waals surface area contributed by atoms with Gasteiger partial charge in [0.05, 0.1) is 17.7 Å². The Hall–Kier alpha value is -3.36. The zero-order chi connectivity index (χ0) is 23.9. The van der Waals surface area contributed by atoms with Crippen LogP contribution in [0.3, 0.4) is 0 Å². The van der Waals surface area contributed by atoms with Gasteiger partial charge in [0.25, 0.3) is 5.91 Å². The lowest BCUT2D eigenvalue weighted by Crippen LogP contribution is -2.16. The van der Waals surface area contributed by atoms with E-state index in [-0.39, 0.29) is 17.4 Å². The molecule has 0 radical (unpaired) electrons. The number of rotatable bonds is 8. The normalized spacial score (nSPS) is 10.7. The Bertz CT molecular complexity index is 1300. The highest BCUT2D eigenvalue weighted by atomic mass is 32.2. The van der Waals surface area contributed by atoms with E-state index in [0.717, 1.165) is 10.5 Å². The van der Waals surface area contributed by atoms with Crippen molar-refractivity contribution in [2.45, 2.75) is 27.6 Å². The Morgan fingerprint density at radius 1 is 1.03 bits per heavy atom. The second-order valence-corrected chi connectivity index (χ2v) is 9.37. The molecular formula is C26H22FN3O2S2. The molecule has 1 N–H and O–H groups in total. The molecule has 1 amide bonds. The van der Waals surface area contributed by atoms with Crippen molar-refractivity contribution in [3.05, 3.63) is 102 Å². The lowest BCUT2D eigenvalue weighted by Gasteiger charge is -2.12. The monoisotopic (exact) mass is 491 g/mol. The van der Waals surface area contributed by atoms with Crippen LogP contribution in [0.5, 0.6) is 5.75 Å². The van der Waals surface area contributed by atoms with Gasteiger partial charge in [-0.25, -0.2) is 14.4 Å². The zero-order valence-corrected chi connectivity index (χ0v) is 20.3. The molecule has 5 nitrogen and oxygen atoms in total. The van der Waals surface area contributed by atoms with Crippen LogP contribution in [0.4, 0.5) is 10.1 Å². The SMILES string of the molecule is COc1ccccc1NC(=O)c1nc(SCc2ccccc2F)ncc1Sc1ccc(C)cc1. The van der Waals surface area contributed by atoms with Gasteiger partial charge in [0.1, 0.15) is 17.3 Å². The number of hydrogen-bond donors (Lipinski definition) is 1. The van der Waals surface area contributed by atoms with Crippen molar-refractivity contribution in [2.24, 2.45) is 0 Å². The van der Waals surface area contributed by atoms with Crippen LogP contribution >= 0.6 is 23.5 Å². The molecule has 4 rings (SSSR count). The maximum absolute atomic E-state index is 14.0. The van der Waals surface area contributed by atoms with Gasteiger partial charge in [0, 0.05) is 16.8 Å². The molecule has 8 heteroatoms. The number of halogens is 1. The number of carbonyl (C=O) groups excluding carboxylic acids is 1. The molecule has 1 aromatic heterocycles. The first-order chi connectivity index (χ1) is 16.5. The maximum atomic E-state index is 14.0. The molecule has 0 saturated carbocycles. The molecule has 1 heterocycles. The Balaban J connectivity index is 1.63. The highest BCUT2D eigenvalue weighted by Crippen LogP contribution is 2.32. The smallest absolute Gasteiger partial charge is 0.275 e. The average Bonchev–Trinajstić information content (AvgIpc) is 2.86. The molecule has 172 valence electrons. The summed E-state index contributed by atoms with van der Waals surface area (Å²) in [6.07, 6.45) is 1.64. The zero-order valence-electron chi connectivity index (χ0n) is 18.6. The summed E-state index contributed by atoms with van der Waals surface area (Å²) in [5.74, 6) is 0.238. The highest BCUT2D eigenvalue weighted by Gasteiger charge is 2.19. The van der Waals surface area contributed by atoms with Crippen LogP contribution in [0.25, 0.3) is 0 Å². The fourth-order valence-electron chi connectivity index (χ4n) is 3.08. The number of hydrogen-bond acceptors (Lipinski definition) is 6. The average molecular weight is 492 g/mol. The van der Waals surface area contributed by atoms with Gasteiger partial charge in [0.2, 0.25) is 0 Å². The molecule has 0 unspecified atom stereocenters. The topological polar surface area (TPSA) is 64.1 Å². The van der Waals surface area contributed by atoms with Gasteiger partial charge in [-0.05, 0) is 42.8 Å². The third kappa shape index (κ3) is 5.95. The van der Waals surface area contributed by atoms with Crippen molar-refractivity contribution in [1.29, 1.82) is 0 Å². The van der Waals surface area contributed by atoms with Crippen molar-refractivity contribution >= 4 is 35.1 Å². The van der Waals surface area contributed by atoms with Gasteiger partial charge in [-0.3, -0.25) is 4.79 Å². The Morgan fingerprint density at radius 2 is 1.76 bits per heavy atom. The van der Waals surface area contributed by atoms with Crippen LogP contribution < -0.4 is 10.1 Å². The van der Waals surface area contributed by atoms with Crippen molar-refractivity contribution in [3.63, 3.8) is 0 Å². The molecule has 0 fully saturated rings. The third-order valence-electron chi connectivity index (χ3n) is 4.87. The number of nitrogens with one attached hydrogen (secondary N) is 1. The van der Waals surface area contributed by atoms with Crippen LogP contribution in [0.1, 0.15) is 21.6 Å². The first-order valence-corrected chi connectivity index (χ1v) is 12.3. The van der Waals surface area contributed by atoms with Crippen molar-refractivity contribution < 1.29 is 13.9 Å². The van der Waals surface area contributed by atoms with Crippen LogP contribution in [-0.2, 0) is 5.75 Å². The fourth-order valence-corrected chi connectivity index (χ4v) is 4.75. The summed E-state index contributed by atoms with van der Waals surface area (Å²) >= 11 is 2.69. The molecule has 0 spiro atoms. The number of nitrogens with zero attached hydrogens (tertiary/aromatic N) is 2. The number of methoxy groups -OCH3 is 1. The Morgan fingerprint density at radius 3 is 2.53 bits per heavy atom. The second-order valence-electron chi connectivity index (χ2n) is 7.32. The summed E-state index contributed by atoms with van der Waals surface area (Å²) in [6, 6.07) is 21.8. The predicted octanol–water partition coefficient (Wildman–Crippen LogP) is 6.63.